The number of fused-ring (bicyclic) bond motifs is 1. The molecule has 1 nitrogen and oxygen atoms in total. The molecule has 1 aliphatic carbocycles. The Kier molecular flexibility index (Phi) is 2.60. The third-order valence-electron chi connectivity index (χ3n) is 3.46. The fourth-order valence-corrected chi connectivity index (χ4v) is 2.73. The first kappa shape index (κ1) is 9.72. The molecule has 0 saturated heterocycles. The second-order valence-electron chi connectivity index (χ2n) is 4.58. The van der Waals surface area contributed by atoms with Crippen molar-refractivity contribution in [3.05, 3.63) is 35.4 Å². The summed E-state index contributed by atoms with van der Waals surface area (Å²) >= 11 is 0. The van der Waals surface area contributed by atoms with Crippen molar-refractivity contribution < 1.29 is 0 Å². The summed E-state index contributed by atoms with van der Waals surface area (Å²) < 4.78 is 0. The van der Waals surface area contributed by atoms with Gasteiger partial charge in [0.2, 0.25) is 0 Å². The van der Waals surface area contributed by atoms with Gasteiger partial charge in [0.05, 0.1) is 0 Å². The predicted molar refractivity (Wildman–Crippen MR) is 60.2 cm³/mol. The van der Waals surface area contributed by atoms with E-state index >= 15 is 0 Å². The maximum Gasteiger partial charge on any atom is -0.00141 e. The summed E-state index contributed by atoms with van der Waals surface area (Å²) in [6.45, 7) is 3.08. The largest absolute Gasteiger partial charge is 0.330 e. The topological polar surface area (TPSA) is 26.0 Å². The van der Waals surface area contributed by atoms with Gasteiger partial charge < -0.3 is 5.73 Å². The van der Waals surface area contributed by atoms with Gasteiger partial charge in [-0.15, -0.1) is 0 Å². The molecule has 0 amide bonds. The third kappa shape index (κ3) is 1.57. The van der Waals surface area contributed by atoms with E-state index in [-0.39, 0.29) is 0 Å². The second kappa shape index (κ2) is 3.74. The normalized spacial score (nSPS) is 18.1. The molecule has 0 saturated carbocycles. The summed E-state index contributed by atoms with van der Waals surface area (Å²) in [5.74, 6) is 0. The molecule has 0 heterocycles. The molecular weight excluding hydrogens is 170 g/mol. The van der Waals surface area contributed by atoms with Crippen LogP contribution in [0.25, 0.3) is 0 Å². The van der Waals surface area contributed by atoms with Crippen molar-refractivity contribution in [2.45, 2.75) is 32.6 Å². The van der Waals surface area contributed by atoms with Crippen LogP contribution in [-0.2, 0) is 12.8 Å². The maximum absolute atomic E-state index is 5.93. The van der Waals surface area contributed by atoms with Crippen LogP contribution in [0.2, 0.25) is 0 Å². The molecule has 1 aliphatic rings. The summed E-state index contributed by atoms with van der Waals surface area (Å²) in [6.07, 6.45) is 4.88. The zero-order valence-electron chi connectivity index (χ0n) is 8.92. The predicted octanol–water partition coefficient (Wildman–Crippen LogP) is 2.53. The number of nitrogens with two attached hydrogens (primary N) is 1. The fraction of sp³-hybridized carbons (Fsp3) is 0.538. The van der Waals surface area contributed by atoms with Crippen LogP contribution >= 0.6 is 0 Å². The minimum Gasteiger partial charge on any atom is -0.330 e. The number of benzene rings is 1. The summed E-state index contributed by atoms with van der Waals surface area (Å²) in [7, 11) is 0. The molecule has 0 aromatic heterocycles. The van der Waals surface area contributed by atoms with E-state index in [9.17, 15) is 0 Å². The molecule has 1 aromatic rings. The highest BCUT2D eigenvalue weighted by molar-refractivity contribution is 5.34. The van der Waals surface area contributed by atoms with Crippen molar-refractivity contribution in [2.24, 2.45) is 11.1 Å². The van der Waals surface area contributed by atoms with Crippen LogP contribution in [0, 0.1) is 5.41 Å². The maximum atomic E-state index is 5.93. The molecule has 0 aliphatic heterocycles. The zero-order valence-corrected chi connectivity index (χ0v) is 8.92. The van der Waals surface area contributed by atoms with Crippen LogP contribution in [-0.4, -0.2) is 6.54 Å². The van der Waals surface area contributed by atoms with E-state index in [0.29, 0.717) is 5.41 Å². The highest BCUT2D eigenvalue weighted by atomic mass is 14.6. The van der Waals surface area contributed by atoms with Gasteiger partial charge >= 0.3 is 0 Å². The second-order valence-corrected chi connectivity index (χ2v) is 4.58. The van der Waals surface area contributed by atoms with Gasteiger partial charge in [-0.25, -0.2) is 0 Å². The van der Waals surface area contributed by atoms with Crippen molar-refractivity contribution in [3.8, 4) is 0 Å². The van der Waals surface area contributed by atoms with Gasteiger partial charge in [-0.1, -0.05) is 37.6 Å². The molecule has 1 aromatic carbocycles. The van der Waals surface area contributed by atoms with Crippen molar-refractivity contribution in [1.29, 1.82) is 0 Å². The lowest BCUT2D eigenvalue weighted by Gasteiger charge is -2.26. The van der Waals surface area contributed by atoms with E-state index in [4.69, 9.17) is 5.73 Å². The van der Waals surface area contributed by atoms with Crippen molar-refractivity contribution in [2.75, 3.05) is 6.54 Å². The smallest absolute Gasteiger partial charge is 0.00141 e. The van der Waals surface area contributed by atoms with Gasteiger partial charge in [0.1, 0.15) is 0 Å². The van der Waals surface area contributed by atoms with Gasteiger partial charge in [-0.3, -0.25) is 0 Å². The highest BCUT2D eigenvalue weighted by Crippen LogP contribution is 2.39. The minimum absolute atomic E-state index is 0.373. The van der Waals surface area contributed by atoms with Gasteiger partial charge in [0.15, 0.2) is 0 Å². The molecule has 0 radical (unpaired) electrons. The number of hydrogen-bond donors (Lipinski definition) is 1. The van der Waals surface area contributed by atoms with E-state index in [1.54, 1.807) is 0 Å². The van der Waals surface area contributed by atoms with Crippen molar-refractivity contribution >= 4 is 0 Å². The third-order valence-corrected chi connectivity index (χ3v) is 3.46. The molecule has 0 bridgehead atoms. The van der Waals surface area contributed by atoms with E-state index in [2.05, 4.69) is 31.2 Å². The average molecular weight is 189 g/mol. The molecule has 1 heteroatoms. The lowest BCUT2D eigenvalue weighted by Crippen LogP contribution is -2.31. The van der Waals surface area contributed by atoms with Gasteiger partial charge in [0.25, 0.3) is 0 Å². The first-order valence-corrected chi connectivity index (χ1v) is 5.56. The zero-order chi connectivity index (χ0) is 10.0. The monoisotopic (exact) mass is 189 g/mol. The number of hydrogen-bond acceptors (Lipinski definition) is 1. The van der Waals surface area contributed by atoms with Gasteiger partial charge in [0, 0.05) is 0 Å². The Bertz CT molecular complexity index is 292. The number of rotatable bonds is 3. The van der Waals surface area contributed by atoms with Crippen molar-refractivity contribution in [3.63, 3.8) is 0 Å². The summed E-state index contributed by atoms with van der Waals surface area (Å²) in [5.41, 5.74) is 9.35. The summed E-state index contributed by atoms with van der Waals surface area (Å²) in [4.78, 5) is 0. The Hall–Kier alpha value is -0.820. The van der Waals surface area contributed by atoms with Gasteiger partial charge in [-0.05, 0) is 42.3 Å². The molecular formula is C13H19N. The Morgan fingerprint density at radius 3 is 2.21 bits per heavy atom. The van der Waals surface area contributed by atoms with Crippen LogP contribution in [0.5, 0.6) is 0 Å². The van der Waals surface area contributed by atoms with Crippen LogP contribution < -0.4 is 5.73 Å². The Labute approximate surface area is 86.3 Å². The Balaban J connectivity index is 2.23. The lowest BCUT2D eigenvalue weighted by molar-refractivity contribution is 0.287. The molecule has 0 spiro atoms. The van der Waals surface area contributed by atoms with Crippen LogP contribution in [0.4, 0.5) is 0 Å². The molecule has 2 rings (SSSR count). The lowest BCUT2D eigenvalue weighted by atomic mass is 9.80. The van der Waals surface area contributed by atoms with E-state index in [0.717, 1.165) is 6.54 Å². The van der Waals surface area contributed by atoms with Crippen LogP contribution in [0.3, 0.4) is 0 Å². The van der Waals surface area contributed by atoms with E-state index in [1.165, 1.54) is 36.8 Å². The molecule has 0 unspecified atom stereocenters. The summed E-state index contributed by atoms with van der Waals surface area (Å²) in [6, 6.07) is 8.78. The Morgan fingerprint density at radius 1 is 1.21 bits per heavy atom. The van der Waals surface area contributed by atoms with Crippen LogP contribution in [0.15, 0.2) is 24.3 Å². The first-order valence-electron chi connectivity index (χ1n) is 5.56. The molecule has 76 valence electrons. The van der Waals surface area contributed by atoms with Gasteiger partial charge in [-0.2, -0.15) is 0 Å². The highest BCUT2D eigenvalue weighted by Gasteiger charge is 2.34. The molecule has 0 atom stereocenters. The standard InChI is InChI=1S/C13H19N/c1-2-7-13(10-14)8-11-5-3-4-6-12(11)9-13/h3-6H,2,7-10,14H2,1H3. The average Bonchev–Trinajstić information content (AvgIpc) is 2.57. The Morgan fingerprint density at radius 2 is 1.79 bits per heavy atom. The van der Waals surface area contributed by atoms with Crippen molar-refractivity contribution in [1.82, 2.24) is 0 Å². The molecule has 0 fully saturated rings. The van der Waals surface area contributed by atoms with E-state index in [1.807, 2.05) is 0 Å². The first-order chi connectivity index (χ1) is 6.79. The quantitative estimate of drug-likeness (QED) is 0.777. The summed E-state index contributed by atoms with van der Waals surface area (Å²) in [5, 5.41) is 0. The van der Waals surface area contributed by atoms with E-state index < -0.39 is 0 Å². The molecule has 14 heavy (non-hydrogen) atoms. The molecule has 2 N–H and O–H groups in total. The SMILES string of the molecule is CCCC1(CN)Cc2ccccc2C1. The fourth-order valence-electron chi connectivity index (χ4n) is 2.73. The minimum atomic E-state index is 0.373. The van der Waals surface area contributed by atoms with Crippen LogP contribution in [0.1, 0.15) is 30.9 Å².